The molecule has 0 aromatic carbocycles. The van der Waals surface area contributed by atoms with Crippen molar-refractivity contribution in [3.05, 3.63) is 12.2 Å². The summed E-state index contributed by atoms with van der Waals surface area (Å²) >= 11 is 0. The Hall–Kier alpha value is -0.340. The van der Waals surface area contributed by atoms with Crippen molar-refractivity contribution in [2.75, 3.05) is 13.2 Å². The standard InChI is InChI=1S/C18H36O2/c19-17-15-13-11-9-7-5-3-1-2-4-6-8-10-12-14-16-18-20/h1-2,19-20H,3-18H2/b2-1+. The van der Waals surface area contributed by atoms with E-state index in [1.807, 2.05) is 0 Å². The van der Waals surface area contributed by atoms with E-state index in [4.69, 9.17) is 10.2 Å². The largest absolute Gasteiger partial charge is 0.396 e. The van der Waals surface area contributed by atoms with Crippen LogP contribution in [0.25, 0.3) is 0 Å². The topological polar surface area (TPSA) is 40.5 Å². The van der Waals surface area contributed by atoms with Crippen LogP contribution in [0.4, 0.5) is 0 Å². The molecule has 0 aliphatic carbocycles. The zero-order valence-corrected chi connectivity index (χ0v) is 13.4. The fourth-order valence-electron chi connectivity index (χ4n) is 2.40. The van der Waals surface area contributed by atoms with Crippen LogP contribution < -0.4 is 0 Å². The van der Waals surface area contributed by atoms with Crippen molar-refractivity contribution >= 4 is 0 Å². The Bertz CT molecular complexity index is 170. The third-order valence-corrected chi connectivity index (χ3v) is 3.72. The fourth-order valence-corrected chi connectivity index (χ4v) is 2.40. The quantitative estimate of drug-likeness (QED) is 0.310. The van der Waals surface area contributed by atoms with Crippen LogP contribution in [0.2, 0.25) is 0 Å². The van der Waals surface area contributed by atoms with E-state index in [1.54, 1.807) is 0 Å². The summed E-state index contributed by atoms with van der Waals surface area (Å²) in [5.41, 5.74) is 0. The van der Waals surface area contributed by atoms with Gasteiger partial charge in [-0.05, 0) is 38.5 Å². The lowest BCUT2D eigenvalue weighted by molar-refractivity contribution is 0.282. The normalized spacial score (nSPS) is 11.5. The van der Waals surface area contributed by atoms with Crippen molar-refractivity contribution in [2.24, 2.45) is 0 Å². The minimum atomic E-state index is 0.351. The van der Waals surface area contributed by atoms with Gasteiger partial charge in [0.05, 0.1) is 0 Å². The molecule has 0 fully saturated rings. The maximum Gasteiger partial charge on any atom is 0.0431 e. The Morgan fingerprint density at radius 2 is 0.700 bits per heavy atom. The number of aliphatic hydroxyl groups is 2. The van der Waals surface area contributed by atoms with Crippen molar-refractivity contribution in [1.29, 1.82) is 0 Å². The van der Waals surface area contributed by atoms with Crippen molar-refractivity contribution in [2.45, 2.75) is 89.9 Å². The fraction of sp³-hybridized carbons (Fsp3) is 0.889. The first-order valence-corrected chi connectivity index (χ1v) is 8.78. The average molecular weight is 284 g/mol. The molecule has 0 radical (unpaired) electrons. The van der Waals surface area contributed by atoms with Gasteiger partial charge in [0.2, 0.25) is 0 Å². The molecule has 0 bridgehead atoms. The summed E-state index contributed by atoms with van der Waals surface area (Å²) in [6.45, 7) is 0.703. The molecule has 2 N–H and O–H groups in total. The van der Waals surface area contributed by atoms with Gasteiger partial charge in [-0.3, -0.25) is 0 Å². The molecule has 0 spiro atoms. The lowest BCUT2D eigenvalue weighted by Crippen LogP contribution is -1.84. The Morgan fingerprint density at radius 3 is 1.05 bits per heavy atom. The number of aliphatic hydroxyl groups excluding tert-OH is 2. The van der Waals surface area contributed by atoms with Gasteiger partial charge in [0.25, 0.3) is 0 Å². The molecule has 0 saturated carbocycles. The molecule has 0 atom stereocenters. The number of allylic oxidation sites excluding steroid dienone is 2. The lowest BCUT2D eigenvalue weighted by atomic mass is 10.1. The second kappa shape index (κ2) is 18.7. The molecule has 20 heavy (non-hydrogen) atoms. The molecule has 0 unspecified atom stereocenters. The number of hydrogen-bond donors (Lipinski definition) is 2. The van der Waals surface area contributed by atoms with Gasteiger partial charge < -0.3 is 10.2 Å². The number of rotatable bonds is 16. The highest BCUT2D eigenvalue weighted by molar-refractivity contribution is 4.81. The van der Waals surface area contributed by atoms with E-state index >= 15 is 0 Å². The summed E-state index contributed by atoms with van der Waals surface area (Å²) in [6, 6.07) is 0. The van der Waals surface area contributed by atoms with Gasteiger partial charge in [-0.25, -0.2) is 0 Å². The predicted octanol–water partition coefficient (Wildman–Crippen LogP) is 4.99. The van der Waals surface area contributed by atoms with E-state index in [-0.39, 0.29) is 0 Å². The van der Waals surface area contributed by atoms with Gasteiger partial charge in [0, 0.05) is 13.2 Å². The van der Waals surface area contributed by atoms with Crippen LogP contribution in [0.1, 0.15) is 89.9 Å². The average Bonchev–Trinajstić information content (AvgIpc) is 2.47. The Kier molecular flexibility index (Phi) is 18.3. The van der Waals surface area contributed by atoms with E-state index < -0.39 is 0 Å². The highest BCUT2D eigenvalue weighted by Crippen LogP contribution is 2.09. The minimum absolute atomic E-state index is 0.351. The van der Waals surface area contributed by atoms with Crippen LogP contribution in [0, 0.1) is 0 Å². The van der Waals surface area contributed by atoms with E-state index in [0.29, 0.717) is 13.2 Å². The molecule has 0 heterocycles. The molecule has 0 aromatic rings. The highest BCUT2D eigenvalue weighted by atomic mass is 16.3. The van der Waals surface area contributed by atoms with Gasteiger partial charge in [0.1, 0.15) is 0 Å². The first kappa shape index (κ1) is 19.7. The molecule has 0 amide bonds. The summed E-state index contributed by atoms with van der Waals surface area (Å²) < 4.78 is 0. The van der Waals surface area contributed by atoms with Crippen LogP contribution in [-0.4, -0.2) is 23.4 Å². The molecule has 0 aliphatic heterocycles. The predicted molar refractivity (Wildman–Crippen MR) is 87.9 cm³/mol. The molecule has 0 rings (SSSR count). The van der Waals surface area contributed by atoms with Crippen LogP contribution in [-0.2, 0) is 0 Å². The van der Waals surface area contributed by atoms with Gasteiger partial charge >= 0.3 is 0 Å². The van der Waals surface area contributed by atoms with Crippen molar-refractivity contribution in [1.82, 2.24) is 0 Å². The summed E-state index contributed by atoms with van der Waals surface area (Å²) in [5, 5.41) is 17.3. The van der Waals surface area contributed by atoms with Gasteiger partial charge in [0.15, 0.2) is 0 Å². The molecule has 120 valence electrons. The molecule has 2 nitrogen and oxygen atoms in total. The molecule has 2 heteroatoms. The van der Waals surface area contributed by atoms with Crippen LogP contribution in [0.5, 0.6) is 0 Å². The third kappa shape index (κ3) is 17.7. The molecule has 0 aromatic heterocycles. The molecule has 0 saturated heterocycles. The Balaban J connectivity index is 3.01. The second-order valence-corrected chi connectivity index (χ2v) is 5.74. The molecule has 0 aliphatic rings. The Morgan fingerprint density at radius 1 is 0.400 bits per heavy atom. The van der Waals surface area contributed by atoms with Gasteiger partial charge in [-0.2, -0.15) is 0 Å². The van der Waals surface area contributed by atoms with Crippen molar-refractivity contribution in [3.8, 4) is 0 Å². The van der Waals surface area contributed by atoms with Crippen molar-refractivity contribution < 1.29 is 10.2 Å². The van der Waals surface area contributed by atoms with Gasteiger partial charge in [-0.15, -0.1) is 0 Å². The van der Waals surface area contributed by atoms with Gasteiger partial charge in [-0.1, -0.05) is 63.5 Å². The second-order valence-electron chi connectivity index (χ2n) is 5.74. The zero-order chi connectivity index (χ0) is 14.7. The summed E-state index contributed by atoms with van der Waals surface area (Å²) in [5.74, 6) is 0. The lowest BCUT2D eigenvalue weighted by Gasteiger charge is -1.99. The number of hydrogen-bond acceptors (Lipinski definition) is 2. The number of unbranched alkanes of at least 4 members (excludes halogenated alkanes) is 12. The SMILES string of the molecule is OCCCCCCCC/C=C/CCCCCCCCO. The van der Waals surface area contributed by atoms with E-state index in [1.165, 1.54) is 77.0 Å². The third-order valence-electron chi connectivity index (χ3n) is 3.72. The smallest absolute Gasteiger partial charge is 0.0431 e. The van der Waals surface area contributed by atoms with E-state index in [2.05, 4.69) is 12.2 Å². The zero-order valence-electron chi connectivity index (χ0n) is 13.4. The minimum Gasteiger partial charge on any atom is -0.396 e. The summed E-state index contributed by atoms with van der Waals surface area (Å²) in [7, 11) is 0. The summed E-state index contributed by atoms with van der Waals surface area (Å²) in [6.07, 6.45) is 22.0. The van der Waals surface area contributed by atoms with Crippen LogP contribution >= 0.6 is 0 Å². The first-order valence-electron chi connectivity index (χ1n) is 8.78. The first-order chi connectivity index (χ1) is 9.91. The Labute approximate surface area is 126 Å². The van der Waals surface area contributed by atoms with Crippen molar-refractivity contribution in [3.63, 3.8) is 0 Å². The van der Waals surface area contributed by atoms with E-state index in [0.717, 1.165) is 12.8 Å². The maximum absolute atomic E-state index is 8.66. The van der Waals surface area contributed by atoms with Crippen LogP contribution in [0.15, 0.2) is 12.2 Å². The van der Waals surface area contributed by atoms with E-state index in [9.17, 15) is 0 Å². The highest BCUT2D eigenvalue weighted by Gasteiger charge is 1.91. The molecular weight excluding hydrogens is 248 g/mol. The maximum atomic E-state index is 8.66. The summed E-state index contributed by atoms with van der Waals surface area (Å²) in [4.78, 5) is 0. The monoisotopic (exact) mass is 284 g/mol. The molecular formula is C18H36O2. The van der Waals surface area contributed by atoms with Crippen LogP contribution in [0.3, 0.4) is 0 Å².